The molecule has 0 spiro atoms. The van der Waals surface area contributed by atoms with Crippen LogP contribution in [-0.2, 0) is 14.8 Å². The summed E-state index contributed by atoms with van der Waals surface area (Å²) in [5.74, 6) is 0.398. The van der Waals surface area contributed by atoms with Crippen LogP contribution in [-0.4, -0.2) is 43.9 Å². The van der Waals surface area contributed by atoms with Crippen molar-refractivity contribution in [2.45, 2.75) is 43.9 Å². The van der Waals surface area contributed by atoms with Crippen molar-refractivity contribution in [3.05, 3.63) is 60.2 Å². The van der Waals surface area contributed by atoms with Crippen molar-refractivity contribution < 1.29 is 22.3 Å². The van der Waals surface area contributed by atoms with Gasteiger partial charge in [0.25, 0.3) is 0 Å². The van der Waals surface area contributed by atoms with Gasteiger partial charge < -0.3 is 10.1 Å². The second kappa shape index (κ2) is 10.3. The number of nitrogens with one attached hydrogen (secondary N) is 2. The first-order chi connectivity index (χ1) is 17.3. The van der Waals surface area contributed by atoms with E-state index in [-0.39, 0.29) is 29.6 Å². The number of sulfonamides is 1. The van der Waals surface area contributed by atoms with Gasteiger partial charge in [-0.15, -0.1) is 0 Å². The molecular formula is C27H32FN3O4S. The lowest BCUT2D eigenvalue weighted by atomic mass is 9.60. The highest BCUT2D eigenvalue weighted by Gasteiger charge is 2.53. The number of ether oxygens (including phenoxy) is 1. The summed E-state index contributed by atoms with van der Waals surface area (Å²) in [5, 5.41) is 2.53. The monoisotopic (exact) mass is 513 g/mol. The number of hydrogen-bond donors (Lipinski definition) is 2. The molecular weight excluding hydrogens is 481 g/mol. The number of nitrogens with zero attached hydrogens (tertiary/aromatic N) is 1. The Morgan fingerprint density at radius 1 is 1.19 bits per heavy atom. The van der Waals surface area contributed by atoms with Gasteiger partial charge in [-0.05, 0) is 86.1 Å². The molecule has 9 heteroatoms. The molecule has 1 amide bonds. The van der Waals surface area contributed by atoms with Crippen LogP contribution < -0.4 is 10.0 Å². The fourth-order valence-electron chi connectivity index (χ4n) is 6.36. The number of aromatic nitrogens is 1. The zero-order chi connectivity index (χ0) is 25.3. The van der Waals surface area contributed by atoms with Crippen LogP contribution in [0.15, 0.2) is 48.7 Å². The first kappa shape index (κ1) is 24.9. The molecule has 2 saturated carbocycles. The molecule has 7 nitrogen and oxygen atoms in total. The second-order valence-electron chi connectivity index (χ2n) is 10.0. The fourth-order valence-corrected chi connectivity index (χ4v) is 8.23. The average molecular weight is 514 g/mol. The van der Waals surface area contributed by atoms with Crippen molar-refractivity contribution in [1.82, 2.24) is 15.0 Å². The van der Waals surface area contributed by atoms with E-state index in [2.05, 4.69) is 21.1 Å². The van der Waals surface area contributed by atoms with Gasteiger partial charge >= 0.3 is 6.09 Å². The number of hydrogen-bond acceptors (Lipinski definition) is 5. The first-order valence-corrected chi connectivity index (χ1v) is 14.2. The molecule has 1 saturated heterocycles. The van der Waals surface area contributed by atoms with E-state index in [9.17, 15) is 17.6 Å². The highest BCUT2D eigenvalue weighted by molar-refractivity contribution is 7.90. The number of fused-ring (bicyclic) bond motifs is 2. The SMILES string of the molecule is CCOC(=O)N[C@@H]1CC[C@@H]2[C@@H](C1)C[C@H]1[C@H](CNS1(=O)=O)[C@H]2C=Cc1ccc(-c2cccc(F)c2)cn1. The molecule has 1 aliphatic heterocycles. The summed E-state index contributed by atoms with van der Waals surface area (Å²) < 4.78 is 46.9. The Hall–Kier alpha value is -2.78. The zero-order valence-corrected chi connectivity index (χ0v) is 21.1. The summed E-state index contributed by atoms with van der Waals surface area (Å²) in [6.07, 6.45) is 8.59. The van der Waals surface area contributed by atoms with Crippen LogP contribution >= 0.6 is 0 Å². The summed E-state index contributed by atoms with van der Waals surface area (Å²) >= 11 is 0. The second-order valence-corrected chi connectivity index (χ2v) is 12.0. The molecule has 0 bridgehead atoms. The van der Waals surface area contributed by atoms with E-state index in [0.717, 1.165) is 36.1 Å². The van der Waals surface area contributed by atoms with E-state index in [4.69, 9.17) is 4.74 Å². The van der Waals surface area contributed by atoms with Crippen LogP contribution in [0.25, 0.3) is 17.2 Å². The number of benzene rings is 1. The number of halogens is 1. The third kappa shape index (κ3) is 5.18. The Morgan fingerprint density at radius 2 is 2.06 bits per heavy atom. The molecule has 192 valence electrons. The molecule has 36 heavy (non-hydrogen) atoms. The Morgan fingerprint density at radius 3 is 2.81 bits per heavy atom. The molecule has 0 unspecified atom stereocenters. The van der Waals surface area contributed by atoms with Crippen LogP contribution in [0.4, 0.5) is 9.18 Å². The minimum Gasteiger partial charge on any atom is -0.450 e. The molecule has 3 aliphatic rings. The van der Waals surface area contributed by atoms with Crippen LogP contribution in [0.2, 0.25) is 0 Å². The van der Waals surface area contributed by atoms with E-state index in [1.807, 2.05) is 24.3 Å². The third-order valence-electron chi connectivity index (χ3n) is 7.99. The van der Waals surface area contributed by atoms with Crippen LogP contribution in [0.3, 0.4) is 0 Å². The van der Waals surface area contributed by atoms with Gasteiger partial charge in [0.15, 0.2) is 0 Å². The Balaban J connectivity index is 1.34. The van der Waals surface area contributed by atoms with E-state index in [0.29, 0.717) is 25.5 Å². The minimum atomic E-state index is -3.34. The van der Waals surface area contributed by atoms with Gasteiger partial charge in [0.2, 0.25) is 10.0 Å². The molecule has 1 aromatic carbocycles. The van der Waals surface area contributed by atoms with Crippen molar-refractivity contribution >= 4 is 22.2 Å². The number of alkyl carbamates (subject to hydrolysis) is 1. The van der Waals surface area contributed by atoms with Crippen LogP contribution in [0.1, 0.15) is 38.3 Å². The van der Waals surface area contributed by atoms with Crippen molar-refractivity contribution in [1.29, 1.82) is 0 Å². The molecule has 0 radical (unpaired) electrons. The Kier molecular flexibility index (Phi) is 7.12. The highest BCUT2D eigenvalue weighted by atomic mass is 32.2. The van der Waals surface area contributed by atoms with Crippen molar-refractivity contribution in [2.75, 3.05) is 13.2 Å². The lowest BCUT2D eigenvalue weighted by Crippen LogP contribution is -2.49. The number of pyridine rings is 1. The molecule has 2 aliphatic carbocycles. The molecule has 2 aromatic rings. The molecule has 1 aromatic heterocycles. The maximum atomic E-state index is 13.6. The number of amides is 1. The summed E-state index contributed by atoms with van der Waals surface area (Å²) in [4.78, 5) is 16.5. The van der Waals surface area contributed by atoms with Gasteiger partial charge in [-0.1, -0.05) is 24.3 Å². The lowest BCUT2D eigenvalue weighted by molar-refractivity contribution is 0.0742. The minimum absolute atomic E-state index is 0.000537. The number of carbonyl (C=O) groups is 1. The van der Waals surface area contributed by atoms with Gasteiger partial charge in [-0.2, -0.15) is 0 Å². The summed E-state index contributed by atoms with van der Waals surface area (Å²) in [5.41, 5.74) is 2.38. The van der Waals surface area contributed by atoms with Crippen molar-refractivity contribution in [3.63, 3.8) is 0 Å². The molecule has 3 fully saturated rings. The Bertz CT molecular complexity index is 1230. The summed E-state index contributed by atoms with van der Waals surface area (Å²) in [6.45, 7) is 2.56. The molecule has 6 atom stereocenters. The first-order valence-electron chi connectivity index (χ1n) is 12.7. The largest absolute Gasteiger partial charge is 0.450 e. The third-order valence-corrected chi connectivity index (χ3v) is 9.90. The number of carbonyl (C=O) groups excluding carboxylic acids is 1. The van der Waals surface area contributed by atoms with Crippen molar-refractivity contribution in [2.24, 2.45) is 23.7 Å². The number of allylic oxidation sites excluding steroid dienone is 1. The summed E-state index contributed by atoms with van der Waals surface area (Å²) in [6, 6.07) is 10.2. The van der Waals surface area contributed by atoms with Gasteiger partial charge in [-0.25, -0.2) is 22.3 Å². The van der Waals surface area contributed by atoms with E-state index >= 15 is 0 Å². The lowest BCUT2D eigenvalue weighted by Gasteiger charge is -2.47. The summed E-state index contributed by atoms with van der Waals surface area (Å²) in [7, 11) is -3.34. The standard InChI is InChI=1S/C27H32FN3O4S/c1-2-35-27(32)31-22-9-10-23-19(13-22)14-26-25(16-30-36(26,33)34)24(23)11-8-21-7-6-18(15-29-21)17-4-3-5-20(28)12-17/h3-8,11-12,15,19,22-26,30H,2,9-10,13-14,16H2,1H3,(H,31,32)/t19-,22+,23+,24-,25+,26-/m0/s1. The quantitative estimate of drug-likeness (QED) is 0.619. The number of rotatable bonds is 5. The van der Waals surface area contributed by atoms with Gasteiger partial charge in [-0.3, -0.25) is 4.98 Å². The molecule has 5 rings (SSSR count). The average Bonchev–Trinajstić information content (AvgIpc) is 3.16. The van der Waals surface area contributed by atoms with E-state index in [1.54, 1.807) is 19.2 Å². The zero-order valence-electron chi connectivity index (χ0n) is 20.3. The molecule has 2 heterocycles. The highest BCUT2D eigenvalue weighted by Crippen LogP contribution is 2.50. The predicted octanol–water partition coefficient (Wildman–Crippen LogP) is 4.37. The van der Waals surface area contributed by atoms with Crippen LogP contribution in [0.5, 0.6) is 0 Å². The fraction of sp³-hybridized carbons (Fsp3) is 0.481. The maximum absolute atomic E-state index is 13.6. The van der Waals surface area contributed by atoms with Gasteiger partial charge in [0, 0.05) is 24.3 Å². The van der Waals surface area contributed by atoms with E-state index < -0.39 is 21.4 Å². The topological polar surface area (TPSA) is 97.4 Å². The van der Waals surface area contributed by atoms with Gasteiger partial charge in [0.05, 0.1) is 17.6 Å². The predicted molar refractivity (Wildman–Crippen MR) is 136 cm³/mol. The normalized spacial score (nSPS) is 30.9. The van der Waals surface area contributed by atoms with E-state index in [1.165, 1.54) is 12.1 Å². The maximum Gasteiger partial charge on any atom is 0.407 e. The van der Waals surface area contributed by atoms with Crippen molar-refractivity contribution in [3.8, 4) is 11.1 Å². The van der Waals surface area contributed by atoms with Crippen LogP contribution in [0, 0.1) is 29.5 Å². The van der Waals surface area contributed by atoms with Gasteiger partial charge in [0.1, 0.15) is 5.82 Å². The molecule has 2 N–H and O–H groups in total. The Labute approximate surface area is 211 Å². The smallest absolute Gasteiger partial charge is 0.407 e.